The molecule has 0 bridgehead atoms. The van der Waals surface area contributed by atoms with Gasteiger partial charge in [-0.25, -0.2) is 0 Å². The zero-order valence-corrected chi connectivity index (χ0v) is 15.3. The van der Waals surface area contributed by atoms with E-state index in [0.29, 0.717) is 30.9 Å². The fourth-order valence-corrected chi connectivity index (χ4v) is 3.60. The second kappa shape index (κ2) is 8.78. The molecule has 2 amide bonds. The van der Waals surface area contributed by atoms with E-state index in [1.807, 2.05) is 17.5 Å². The van der Waals surface area contributed by atoms with Crippen LogP contribution in [0.1, 0.15) is 28.1 Å². The molecule has 1 unspecified atom stereocenters. The quantitative estimate of drug-likeness (QED) is 0.756. The Bertz CT molecular complexity index is 767. The molecule has 26 heavy (non-hydrogen) atoms. The molecule has 1 aromatic carbocycles. The van der Waals surface area contributed by atoms with Crippen LogP contribution in [0.25, 0.3) is 0 Å². The molecule has 2 heterocycles. The number of ether oxygens (including phenoxy) is 1. The lowest BCUT2D eigenvalue weighted by atomic mass is 10.1. The van der Waals surface area contributed by atoms with Crippen LogP contribution in [0.4, 0.5) is 5.69 Å². The third-order valence-corrected chi connectivity index (χ3v) is 5.02. The van der Waals surface area contributed by atoms with Crippen molar-refractivity contribution in [2.75, 3.05) is 18.5 Å². The summed E-state index contributed by atoms with van der Waals surface area (Å²) in [5.41, 5.74) is 1.14. The van der Waals surface area contributed by atoms with Crippen LogP contribution in [0.3, 0.4) is 0 Å². The van der Waals surface area contributed by atoms with Gasteiger partial charge >= 0.3 is 0 Å². The molecule has 1 saturated heterocycles. The van der Waals surface area contributed by atoms with Crippen molar-refractivity contribution in [2.24, 2.45) is 0 Å². The molecule has 0 aliphatic carbocycles. The first-order valence-corrected chi connectivity index (χ1v) is 9.50. The van der Waals surface area contributed by atoms with Gasteiger partial charge in [-0.3, -0.25) is 9.59 Å². The molecule has 1 aromatic heterocycles. The van der Waals surface area contributed by atoms with Gasteiger partial charge in [0, 0.05) is 29.3 Å². The minimum Gasteiger partial charge on any atom is -0.368 e. The Morgan fingerprint density at radius 2 is 2.23 bits per heavy atom. The summed E-state index contributed by atoms with van der Waals surface area (Å²) in [5.74, 6) is -0.250. The average Bonchev–Trinajstić information content (AvgIpc) is 3.35. The summed E-state index contributed by atoms with van der Waals surface area (Å²) in [6.07, 6.45) is 2.95. The van der Waals surface area contributed by atoms with Gasteiger partial charge in [-0.15, -0.1) is 17.9 Å². The van der Waals surface area contributed by atoms with Gasteiger partial charge in [-0.05, 0) is 42.5 Å². The van der Waals surface area contributed by atoms with Gasteiger partial charge in [-0.1, -0.05) is 18.2 Å². The number of nitrogens with one attached hydrogen (secondary N) is 1. The van der Waals surface area contributed by atoms with Crippen LogP contribution in [0.2, 0.25) is 0 Å². The third kappa shape index (κ3) is 4.59. The zero-order valence-electron chi connectivity index (χ0n) is 14.5. The minimum absolute atomic E-state index is 0.0912. The van der Waals surface area contributed by atoms with Crippen LogP contribution in [0, 0.1) is 0 Å². The molecule has 5 nitrogen and oxygen atoms in total. The van der Waals surface area contributed by atoms with Crippen molar-refractivity contribution in [1.82, 2.24) is 4.90 Å². The number of hydrogen-bond acceptors (Lipinski definition) is 4. The van der Waals surface area contributed by atoms with E-state index in [2.05, 4.69) is 11.9 Å². The monoisotopic (exact) mass is 370 g/mol. The Morgan fingerprint density at radius 1 is 1.35 bits per heavy atom. The number of thiophene rings is 1. The number of amides is 2. The number of carbonyl (C=O) groups excluding carboxylic acids is 2. The molecule has 1 aliphatic heterocycles. The molecule has 1 aliphatic rings. The highest BCUT2D eigenvalue weighted by atomic mass is 32.1. The largest absolute Gasteiger partial charge is 0.368 e. The summed E-state index contributed by atoms with van der Waals surface area (Å²) in [5, 5.41) is 4.84. The van der Waals surface area contributed by atoms with Crippen LogP contribution >= 0.6 is 11.3 Å². The first-order valence-electron chi connectivity index (χ1n) is 8.62. The maximum absolute atomic E-state index is 12.9. The fourth-order valence-electron chi connectivity index (χ4n) is 2.89. The Hall–Kier alpha value is -2.44. The van der Waals surface area contributed by atoms with E-state index in [4.69, 9.17) is 4.74 Å². The molecule has 0 radical (unpaired) electrons. The fraction of sp³-hybridized carbons (Fsp3) is 0.300. The molecule has 1 fully saturated rings. The molecule has 3 rings (SSSR count). The van der Waals surface area contributed by atoms with Crippen LogP contribution < -0.4 is 5.32 Å². The highest BCUT2D eigenvalue weighted by molar-refractivity contribution is 7.09. The first kappa shape index (κ1) is 18.4. The summed E-state index contributed by atoms with van der Waals surface area (Å²) in [6, 6.07) is 11.0. The lowest BCUT2D eigenvalue weighted by Gasteiger charge is -2.21. The second-order valence-electron chi connectivity index (χ2n) is 6.13. The Labute approximate surface area is 157 Å². The predicted octanol–water partition coefficient (Wildman–Crippen LogP) is 3.69. The van der Waals surface area contributed by atoms with Gasteiger partial charge in [-0.2, -0.15) is 0 Å². The summed E-state index contributed by atoms with van der Waals surface area (Å²) in [7, 11) is 0. The Kier molecular flexibility index (Phi) is 6.20. The van der Waals surface area contributed by atoms with Gasteiger partial charge in [0.05, 0.1) is 6.54 Å². The normalized spacial score (nSPS) is 16.2. The average molecular weight is 370 g/mol. The lowest BCUT2D eigenvalue weighted by molar-refractivity contribution is -0.124. The molecule has 0 spiro atoms. The van der Waals surface area contributed by atoms with Gasteiger partial charge in [0.2, 0.25) is 0 Å². The van der Waals surface area contributed by atoms with Crippen molar-refractivity contribution < 1.29 is 14.3 Å². The van der Waals surface area contributed by atoms with Crippen molar-refractivity contribution in [1.29, 1.82) is 0 Å². The van der Waals surface area contributed by atoms with Crippen molar-refractivity contribution in [3.05, 3.63) is 64.9 Å². The molecule has 1 atom stereocenters. The maximum atomic E-state index is 12.9. The number of nitrogens with zero attached hydrogens (tertiary/aromatic N) is 1. The van der Waals surface area contributed by atoms with Crippen LogP contribution in [0.5, 0.6) is 0 Å². The second-order valence-corrected chi connectivity index (χ2v) is 7.16. The van der Waals surface area contributed by atoms with E-state index in [-0.39, 0.29) is 11.8 Å². The van der Waals surface area contributed by atoms with Crippen LogP contribution in [-0.4, -0.2) is 36.0 Å². The predicted molar refractivity (Wildman–Crippen MR) is 103 cm³/mol. The van der Waals surface area contributed by atoms with Crippen molar-refractivity contribution in [2.45, 2.75) is 25.5 Å². The Morgan fingerprint density at radius 3 is 2.92 bits per heavy atom. The number of benzene rings is 1. The van der Waals surface area contributed by atoms with Crippen LogP contribution in [0.15, 0.2) is 54.4 Å². The van der Waals surface area contributed by atoms with E-state index < -0.39 is 6.10 Å². The van der Waals surface area contributed by atoms with E-state index in [1.54, 1.807) is 46.6 Å². The van der Waals surface area contributed by atoms with Crippen LogP contribution in [-0.2, 0) is 16.1 Å². The SMILES string of the molecule is C=CCN(Cc1cccs1)C(=O)c1cccc(NC(=O)C2CCCO2)c1. The van der Waals surface area contributed by atoms with E-state index >= 15 is 0 Å². The maximum Gasteiger partial charge on any atom is 0.254 e. The molecule has 2 aromatic rings. The van der Waals surface area contributed by atoms with E-state index in [0.717, 1.165) is 17.7 Å². The molecule has 6 heteroatoms. The highest BCUT2D eigenvalue weighted by Crippen LogP contribution is 2.19. The number of hydrogen-bond donors (Lipinski definition) is 1. The molecule has 0 saturated carbocycles. The Balaban J connectivity index is 1.71. The zero-order chi connectivity index (χ0) is 18.4. The smallest absolute Gasteiger partial charge is 0.254 e. The topological polar surface area (TPSA) is 58.6 Å². The third-order valence-electron chi connectivity index (χ3n) is 4.16. The van der Waals surface area contributed by atoms with Gasteiger partial charge in [0.1, 0.15) is 6.10 Å². The number of rotatable bonds is 7. The number of anilines is 1. The molecule has 1 N–H and O–H groups in total. The number of carbonyl (C=O) groups is 2. The van der Waals surface area contributed by atoms with Crippen molar-refractivity contribution in [3.63, 3.8) is 0 Å². The summed E-state index contributed by atoms with van der Waals surface area (Å²) < 4.78 is 5.40. The van der Waals surface area contributed by atoms with Gasteiger partial charge in [0.15, 0.2) is 0 Å². The standard InChI is InChI=1S/C20H22N2O3S/c1-2-10-22(14-17-8-5-12-26-17)20(24)15-6-3-7-16(13-15)21-19(23)18-9-4-11-25-18/h2-3,5-8,12-13,18H,1,4,9-11,14H2,(H,21,23). The molecular weight excluding hydrogens is 348 g/mol. The van der Waals surface area contributed by atoms with Gasteiger partial charge in [0.25, 0.3) is 11.8 Å². The summed E-state index contributed by atoms with van der Waals surface area (Å²) >= 11 is 1.62. The highest BCUT2D eigenvalue weighted by Gasteiger charge is 2.24. The lowest BCUT2D eigenvalue weighted by Crippen LogP contribution is -2.30. The van der Waals surface area contributed by atoms with E-state index in [1.165, 1.54) is 0 Å². The summed E-state index contributed by atoms with van der Waals surface area (Å²) in [4.78, 5) is 28.0. The van der Waals surface area contributed by atoms with Gasteiger partial charge < -0.3 is 15.0 Å². The summed E-state index contributed by atoms with van der Waals surface area (Å²) in [6.45, 7) is 5.36. The molecular formula is C20H22N2O3S. The van der Waals surface area contributed by atoms with Crippen molar-refractivity contribution in [3.8, 4) is 0 Å². The molecule has 136 valence electrons. The first-order chi connectivity index (χ1) is 12.7. The minimum atomic E-state index is -0.398. The van der Waals surface area contributed by atoms with E-state index in [9.17, 15) is 9.59 Å². The van der Waals surface area contributed by atoms with Crippen molar-refractivity contribution >= 4 is 28.8 Å².